The van der Waals surface area contributed by atoms with Gasteiger partial charge in [0.1, 0.15) is 0 Å². The molecule has 1 rings (SSSR count). The van der Waals surface area contributed by atoms with Crippen LogP contribution >= 0.6 is 0 Å². The predicted molar refractivity (Wildman–Crippen MR) is 31.4 cm³/mol. The van der Waals surface area contributed by atoms with Gasteiger partial charge in [-0.1, -0.05) is 0 Å². The molecule has 0 atom stereocenters. The van der Waals surface area contributed by atoms with Crippen LogP contribution in [0.4, 0.5) is 0 Å². The average molecular weight is 137 g/mol. The van der Waals surface area contributed by atoms with E-state index in [-0.39, 0.29) is 11.7 Å². The number of oxazole rings is 1. The van der Waals surface area contributed by atoms with Gasteiger partial charge < -0.3 is 9.52 Å². The number of aromatic carboxylic acids is 1. The third-order valence-electron chi connectivity index (χ3n) is 0.840. The van der Waals surface area contributed by atoms with E-state index in [4.69, 9.17) is 11.5 Å². The maximum absolute atomic E-state index is 10.1. The molecule has 1 N–H and O–H groups in total. The molecule has 50 valence electrons. The Kier molecular flexibility index (Phi) is 1.42. The van der Waals surface area contributed by atoms with Crippen LogP contribution in [0.5, 0.6) is 0 Å². The van der Waals surface area contributed by atoms with Gasteiger partial charge >= 0.3 is 5.97 Å². The van der Waals surface area contributed by atoms with Gasteiger partial charge in [0.25, 0.3) is 5.89 Å². The van der Waals surface area contributed by atoms with Gasteiger partial charge in [0.2, 0.25) is 5.76 Å². The van der Waals surface area contributed by atoms with E-state index in [0.717, 1.165) is 6.20 Å². The highest BCUT2D eigenvalue weighted by molar-refractivity contribution is 5.83. The molecule has 0 saturated heterocycles. The van der Waals surface area contributed by atoms with E-state index in [9.17, 15) is 4.79 Å². The van der Waals surface area contributed by atoms with Crippen LogP contribution in [-0.2, 0) is 0 Å². The highest BCUT2D eigenvalue weighted by Crippen LogP contribution is 2.00. The van der Waals surface area contributed by atoms with Crippen molar-refractivity contribution in [2.45, 2.75) is 0 Å². The first kappa shape index (κ1) is 6.36. The zero-order valence-electron chi connectivity index (χ0n) is 4.87. The minimum atomic E-state index is -1.17. The van der Waals surface area contributed by atoms with Crippen LogP contribution in [0, 0.1) is 12.3 Å². The second kappa shape index (κ2) is 2.23. The summed E-state index contributed by atoms with van der Waals surface area (Å²) < 4.78 is 4.55. The number of hydrogen-bond acceptors (Lipinski definition) is 3. The first-order chi connectivity index (χ1) is 4.74. The molecule has 4 nitrogen and oxygen atoms in total. The van der Waals surface area contributed by atoms with Crippen molar-refractivity contribution in [1.29, 1.82) is 0 Å². The Balaban J connectivity index is 3.02. The lowest BCUT2D eigenvalue weighted by Gasteiger charge is -1.79. The standard InChI is InChI=1S/C6H3NO3/c1-2-5-7-3-4(10-5)6(8)9/h1,3H,(H,8,9). The third-order valence-corrected chi connectivity index (χ3v) is 0.840. The number of rotatable bonds is 1. The molecule has 0 unspecified atom stereocenters. The number of terminal acetylenes is 1. The molecule has 1 aromatic rings. The van der Waals surface area contributed by atoms with Crippen LogP contribution in [0.15, 0.2) is 10.6 Å². The zero-order valence-corrected chi connectivity index (χ0v) is 4.87. The van der Waals surface area contributed by atoms with Crippen LogP contribution in [0.25, 0.3) is 0 Å². The SMILES string of the molecule is C#Cc1ncc(C(=O)O)o1. The zero-order chi connectivity index (χ0) is 7.56. The number of hydrogen-bond donors (Lipinski definition) is 1. The molecule has 10 heavy (non-hydrogen) atoms. The van der Waals surface area contributed by atoms with Crippen LogP contribution in [0.3, 0.4) is 0 Å². The topological polar surface area (TPSA) is 63.3 Å². The molecule has 0 aliphatic heterocycles. The summed E-state index contributed by atoms with van der Waals surface area (Å²) in [6.07, 6.45) is 5.93. The molecule has 0 aromatic carbocycles. The first-order valence-electron chi connectivity index (χ1n) is 2.40. The third kappa shape index (κ3) is 0.977. The van der Waals surface area contributed by atoms with Crippen molar-refractivity contribution in [3.8, 4) is 12.3 Å². The fraction of sp³-hybridized carbons (Fsp3) is 0. The quantitative estimate of drug-likeness (QED) is 0.567. The molecule has 0 fully saturated rings. The maximum Gasteiger partial charge on any atom is 0.373 e. The summed E-state index contributed by atoms with van der Waals surface area (Å²) >= 11 is 0. The van der Waals surface area contributed by atoms with E-state index < -0.39 is 5.97 Å². The largest absolute Gasteiger partial charge is 0.475 e. The molecular formula is C6H3NO3. The monoisotopic (exact) mass is 137 g/mol. The molecule has 1 aromatic heterocycles. The van der Waals surface area contributed by atoms with Gasteiger partial charge in [0, 0.05) is 0 Å². The Labute approximate surface area is 56.5 Å². The van der Waals surface area contributed by atoms with Gasteiger partial charge in [-0.3, -0.25) is 0 Å². The van der Waals surface area contributed by atoms with Crippen molar-refractivity contribution in [3.63, 3.8) is 0 Å². The lowest BCUT2D eigenvalue weighted by molar-refractivity contribution is 0.0662. The van der Waals surface area contributed by atoms with E-state index in [1.165, 1.54) is 0 Å². The van der Waals surface area contributed by atoms with Crippen molar-refractivity contribution in [2.24, 2.45) is 0 Å². The van der Waals surface area contributed by atoms with Crippen LogP contribution in [0.1, 0.15) is 16.4 Å². The molecule has 0 aliphatic rings. The fourth-order valence-corrected chi connectivity index (χ4v) is 0.440. The summed E-state index contributed by atoms with van der Waals surface area (Å²) in [5.74, 6) is 0.630. The number of carboxylic acids is 1. The first-order valence-corrected chi connectivity index (χ1v) is 2.40. The Bertz CT molecular complexity index is 294. The highest BCUT2D eigenvalue weighted by Gasteiger charge is 2.07. The summed E-state index contributed by atoms with van der Waals surface area (Å²) in [5, 5.41) is 8.29. The van der Waals surface area contributed by atoms with E-state index in [0.29, 0.717) is 0 Å². The van der Waals surface area contributed by atoms with Gasteiger partial charge in [0.15, 0.2) is 0 Å². The van der Waals surface area contributed by atoms with Crippen LogP contribution < -0.4 is 0 Å². The second-order valence-corrected chi connectivity index (χ2v) is 1.48. The van der Waals surface area contributed by atoms with Crippen molar-refractivity contribution in [2.75, 3.05) is 0 Å². The minimum absolute atomic E-state index is 0.0163. The molecule has 1 heterocycles. The summed E-state index contributed by atoms with van der Waals surface area (Å²) in [6, 6.07) is 0. The number of carboxylic acid groups (broad SMARTS) is 1. The Morgan fingerprint density at radius 3 is 2.90 bits per heavy atom. The normalized spacial score (nSPS) is 8.70. The van der Waals surface area contributed by atoms with Gasteiger partial charge in [-0.25, -0.2) is 9.78 Å². The van der Waals surface area contributed by atoms with Crippen molar-refractivity contribution in [1.82, 2.24) is 4.98 Å². The average Bonchev–Trinajstić information content (AvgIpc) is 2.34. The smallest absolute Gasteiger partial charge is 0.373 e. The summed E-state index contributed by atoms with van der Waals surface area (Å²) in [7, 11) is 0. The molecule has 0 spiro atoms. The van der Waals surface area contributed by atoms with Gasteiger partial charge in [-0.2, -0.15) is 0 Å². The molecule has 0 aliphatic carbocycles. The Morgan fingerprint density at radius 1 is 1.90 bits per heavy atom. The molecule has 0 saturated carbocycles. The van der Waals surface area contributed by atoms with Crippen molar-refractivity contribution < 1.29 is 14.3 Å². The molecule has 0 bridgehead atoms. The van der Waals surface area contributed by atoms with Gasteiger partial charge in [-0.15, -0.1) is 6.42 Å². The number of aromatic nitrogens is 1. The Hall–Kier alpha value is -1.76. The van der Waals surface area contributed by atoms with Crippen molar-refractivity contribution in [3.05, 3.63) is 17.8 Å². The van der Waals surface area contributed by atoms with Gasteiger partial charge in [0.05, 0.1) is 6.20 Å². The van der Waals surface area contributed by atoms with E-state index in [1.807, 2.05) is 0 Å². The summed E-state index contributed by atoms with van der Waals surface area (Å²) in [4.78, 5) is 13.6. The lowest BCUT2D eigenvalue weighted by Crippen LogP contribution is -1.91. The number of nitrogens with zero attached hydrogens (tertiary/aromatic N) is 1. The lowest BCUT2D eigenvalue weighted by atomic mass is 10.5. The highest BCUT2D eigenvalue weighted by atomic mass is 16.4. The summed E-state index contributed by atoms with van der Waals surface area (Å²) in [5.41, 5.74) is 0. The van der Waals surface area contributed by atoms with Crippen molar-refractivity contribution >= 4 is 5.97 Å². The predicted octanol–water partition coefficient (Wildman–Crippen LogP) is 0.354. The van der Waals surface area contributed by atoms with Gasteiger partial charge in [-0.05, 0) is 5.92 Å². The summed E-state index contributed by atoms with van der Waals surface area (Å²) in [6.45, 7) is 0. The Morgan fingerprint density at radius 2 is 2.60 bits per heavy atom. The van der Waals surface area contributed by atoms with E-state index >= 15 is 0 Å². The second-order valence-electron chi connectivity index (χ2n) is 1.48. The van der Waals surface area contributed by atoms with E-state index in [1.54, 1.807) is 0 Å². The maximum atomic E-state index is 10.1. The minimum Gasteiger partial charge on any atom is -0.475 e. The molecule has 4 heteroatoms. The molecule has 0 amide bonds. The molecular weight excluding hydrogens is 134 g/mol. The van der Waals surface area contributed by atoms with Crippen LogP contribution in [-0.4, -0.2) is 16.1 Å². The number of carbonyl (C=O) groups is 1. The fourth-order valence-electron chi connectivity index (χ4n) is 0.440. The molecule has 0 radical (unpaired) electrons. The van der Waals surface area contributed by atoms with E-state index in [2.05, 4.69) is 15.3 Å². The van der Waals surface area contributed by atoms with Crippen LogP contribution in [0.2, 0.25) is 0 Å².